The number of carbonyl (C=O) groups excluding carboxylic acids is 3. The van der Waals surface area contributed by atoms with Crippen molar-refractivity contribution in [1.29, 1.82) is 0 Å². The van der Waals surface area contributed by atoms with Gasteiger partial charge in [-0.25, -0.2) is 0 Å². The van der Waals surface area contributed by atoms with E-state index in [1.54, 1.807) is 4.90 Å². The van der Waals surface area contributed by atoms with Crippen molar-refractivity contribution in [3.05, 3.63) is 78.0 Å². The van der Waals surface area contributed by atoms with E-state index in [9.17, 15) is 15.0 Å². The second-order valence-electron chi connectivity index (χ2n) is 7.41. The number of phenols is 2. The first kappa shape index (κ1) is 28.0. The molecule has 8 heteroatoms. The number of rotatable bonds is 6. The van der Waals surface area contributed by atoms with Crippen LogP contribution in [0.2, 0.25) is 0 Å². The molecule has 8 nitrogen and oxygen atoms in total. The van der Waals surface area contributed by atoms with Crippen LogP contribution in [0.25, 0.3) is 0 Å². The summed E-state index contributed by atoms with van der Waals surface area (Å²) in [5, 5.41) is 23.0. The molecule has 0 fully saturated rings. The SMILES string of the molecule is C=CN=C(C(=C)C)c1ccc2c(c1)CCC(CNC)N2C(=O)c1ccc(O)cc1O.C=O.C=O. The summed E-state index contributed by atoms with van der Waals surface area (Å²) in [6.07, 6.45) is 3.09. The van der Waals surface area contributed by atoms with E-state index in [1.165, 1.54) is 24.4 Å². The molecule has 2 aromatic rings. The van der Waals surface area contributed by atoms with Crippen LogP contribution in [0.15, 0.2) is 66.3 Å². The lowest BCUT2D eigenvalue weighted by atomic mass is 9.91. The summed E-state index contributed by atoms with van der Waals surface area (Å²) in [6, 6.07) is 9.85. The molecule has 34 heavy (non-hydrogen) atoms. The first-order chi connectivity index (χ1) is 16.4. The predicted octanol–water partition coefficient (Wildman–Crippen LogP) is 3.42. The molecule has 180 valence electrons. The van der Waals surface area contributed by atoms with Crippen molar-refractivity contribution in [3.63, 3.8) is 0 Å². The largest absolute Gasteiger partial charge is 0.508 e. The van der Waals surface area contributed by atoms with E-state index < -0.39 is 0 Å². The maximum Gasteiger partial charge on any atom is 0.262 e. The van der Waals surface area contributed by atoms with Gasteiger partial charge in [-0.2, -0.15) is 0 Å². The van der Waals surface area contributed by atoms with Gasteiger partial charge in [0.05, 0.1) is 17.3 Å². The van der Waals surface area contributed by atoms with Gasteiger partial charge in [0.25, 0.3) is 5.91 Å². The van der Waals surface area contributed by atoms with Crippen LogP contribution in [0.4, 0.5) is 5.69 Å². The summed E-state index contributed by atoms with van der Waals surface area (Å²) in [7, 11) is 1.85. The molecule has 1 amide bonds. The molecular weight excluding hydrogens is 434 g/mol. The maximum absolute atomic E-state index is 13.4. The van der Waals surface area contributed by atoms with Gasteiger partial charge in [-0.15, -0.1) is 0 Å². The molecule has 2 aromatic carbocycles. The van der Waals surface area contributed by atoms with E-state index in [2.05, 4.69) is 23.5 Å². The monoisotopic (exact) mass is 465 g/mol. The fourth-order valence-electron chi connectivity index (χ4n) is 3.87. The lowest BCUT2D eigenvalue weighted by Gasteiger charge is -2.37. The molecule has 1 aliphatic heterocycles. The quantitative estimate of drug-likeness (QED) is 0.563. The molecule has 0 saturated heterocycles. The van der Waals surface area contributed by atoms with E-state index in [0.29, 0.717) is 6.54 Å². The minimum atomic E-state index is -0.304. The van der Waals surface area contributed by atoms with Crippen molar-refractivity contribution in [2.75, 3.05) is 18.5 Å². The minimum absolute atomic E-state index is 0.0588. The van der Waals surface area contributed by atoms with Gasteiger partial charge in [0.2, 0.25) is 0 Å². The third-order valence-corrected chi connectivity index (χ3v) is 5.22. The number of likely N-dealkylation sites (N-methyl/N-ethyl adjacent to an activating group) is 1. The number of nitrogens with zero attached hydrogens (tertiary/aromatic N) is 2. The number of fused-ring (bicyclic) bond motifs is 1. The van der Waals surface area contributed by atoms with Crippen LogP contribution in [0.1, 0.15) is 34.8 Å². The fourth-order valence-corrected chi connectivity index (χ4v) is 3.87. The number of aromatic hydroxyl groups is 2. The smallest absolute Gasteiger partial charge is 0.262 e. The van der Waals surface area contributed by atoms with E-state index in [1.807, 2.05) is 45.7 Å². The molecule has 1 unspecified atom stereocenters. The van der Waals surface area contributed by atoms with E-state index in [0.717, 1.165) is 40.9 Å². The Morgan fingerprint density at radius 2 is 1.85 bits per heavy atom. The number of anilines is 1. The van der Waals surface area contributed by atoms with Crippen molar-refractivity contribution in [2.45, 2.75) is 25.8 Å². The number of amides is 1. The normalized spacial score (nSPS) is 14.5. The first-order valence-electron chi connectivity index (χ1n) is 10.4. The predicted molar refractivity (Wildman–Crippen MR) is 135 cm³/mol. The van der Waals surface area contributed by atoms with Gasteiger partial charge < -0.3 is 30.0 Å². The number of hydrogen-bond donors (Lipinski definition) is 3. The Hall–Kier alpha value is -4.04. The zero-order valence-corrected chi connectivity index (χ0v) is 19.6. The number of benzene rings is 2. The maximum atomic E-state index is 13.4. The summed E-state index contributed by atoms with van der Waals surface area (Å²) in [4.78, 5) is 35.5. The highest BCUT2D eigenvalue weighted by Crippen LogP contribution is 2.35. The number of phenolic OH excluding ortho intramolecular Hbond substituents is 2. The number of nitrogens with one attached hydrogen (secondary N) is 1. The fraction of sp³-hybridized carbons (Fsp3) is 0.231. The zero-order chi connectivity index (χ0) is 25.8. The van der Waals surface area contributed by atoms with Crippen LogP contribution in [0, 0.1) is 0 Å². The summed E-state index contributed by atoms with van der Waals surface area (Å²) < 4.78 is 0. The topological polar surface area (TPSA) is 119 Å². The summed E-state index contributed by atoms with van der Waals surface area (Å²) >= 11 is 0. The van der Waals surface area contributed by atoms with Crippen molar-refractivity contribution in [3.8, 4) is 11.5 Å². The Balaban J connectivity index is 0.00000137. The summed E-state index contributed by atoms with van der Waals surface area (Å²) in [5.41, 5.74) is 4.52. The van der Waals surface area contributed by atoms with Crippen LogP contribution in [-0.2, 0) is 16.0 Å². The summed E-state index contributed by atoms with van der Waals surface area (Å²) in [5.74, 6) is -0.635. The second-order valence-corrected chi connectivity index (χ2v) is 7.41. The Morgan fingerprint density at radius 1 is 1.18 bits per heavy atom. The number of hydrogen-bond acceptors (Lipinski definition) is 7. The number of aliphatic imine (C=N–C) groups is 1. The Morgan fingerprint density at radius 3 is 2.41 bits per heavy atom. The molecule has 0 bridgehead atoms. The zero-order valence-electron chi connectivity index (χ0n) is 19.6. The second kappa shape index (κ2) is 13.5. The Labute approximate surface area is 200 Å². The van der Waals surface area contributed by atoms with Crippen LogP contribution in [0.5, 0.6) is 11.5 Å². The van der Waals surface area contributed by atoms with Crippen molar-refractivity contribution in [1.82, 2.24) is 5.32 Å². The third kappa shape index (κ3) is 6.26. The molecule has 3 N–H and O–H groups in total. The van der Waals surface area contributed by atoms with Gasteiger partial charge in [0, 0.05) is 30.1 Å². The molecule has 0 aromatic heterocycles. The van der Waals surface area contributed by atoms with Gasteiger partial charge in [-0.3, -0.25) is 9.79 Å². The lowest BCUT2D eigenvalue weighted by molar-refractivity contribution is -0.0987. The van der Waals surface area contributed by atoms with Gasteiger partial charge in [0.15, 0.2) is 0 Å². The molecule has 1 heterocycles. The average Bonchev–Trinajstić information content (AvgIpc) is 2.84. The standard InChI is InChI=1S/C24H27N3O3.2CH2O/c1-5-26-23(15(2)3)17-7-11-21-16(12-17)6-8-18(14-25-4)27(21)24(30)20-10-9-19(28)13-22(20)29;2*1-2/h5,7,9-13,18,25,28-29H,1-2,6,8,14H2,3-4H3;2*1H2. The lowest BCUT2D eigenvalue weighted by Crippen LogP contribution is -2.48. The molecule has 1 aliphatic rings. The van der Waals surface area contributed by atoms with Crippen molar-refractivity contribution < 1.29 is 24.6 Å². The third-order valence-electron chi connectivity index (χ3n) is 5.22. The van der Waals surface area contributed by atoms with Gasteiger partial charge in [-0.05, 0) is 62.2 Å². The van der Waals surface area contributed by atoms with E-state index in [-0.39, 0.29) is 29.0 Å². The molecule has 0 spiro atoms. The van der Waals surface area contributed by atoms with Crippen molar-refractivity contribution in [2.24, 2.45) is 4.99 Å². The summed E-state index contributed by atoms with van der Waals surface area (Å²) in [6.45, 7) is 14.2. The van der Waals surface area contributed by atoms with E-state index >= 15 is 0 Å². The number of carbonyl (C=O) groups is 3. The molecule has 0 aliphatic carbocycles. The van der Waals surface area contributed by atoms with Crippen LogP contribution >= 0.6 is 0 Å². The van der Waals surface area contributed by atoms with Crippen LogP contribution in [0.3, 0.4) is 0 Å². The van der Waals surface area contributed by atoms with Gasteiger partial charge in [-0.1, -0.05) is 19.2 Å². The molecule has 1 atom stereocenters. The van der Waals surface area contributed by atoms with Crippen LogP contribution < -0.4 is 10.2 Å². The van der Waals surface area contributed by atoms with Gasteiger partial charge >= 0.3 is 0 Å². The highest BCUT2D eigenvalue weighted by molar-refractivity contribution is 6.13. The molecule has 0 saturated carbocycles. The highest BCUT2D eigenvalue weighted by atomic mass is 16.3. The van der Waals surface area contributed by atoms with Crippen molar-refractivity contribution >= 4 is 30.9 Å². The number of allylic oxidation sites excluding steroid dienone is 1. The molecule has 0 radical (unpaired) electrons. The number of aryl methyl sites for hydroxylation is 1. The first-order valence-corrected chi connectivity index (χ1v) is 10.4. The average molecular weight is 466 g/mol. The highest BCUT2D eigenvalue weighted by Gasteiger charge is 2.32. The molecular formula is C26H31N3O5. The van der Waals surface area contributed by atoms with E-state index in [4.69, 9.17) is 9.59 Å². The molecule has 3 rings (SSSR count). The Bertz CT molecular complexity index is 1060. The van der Waals surface area contributed by atoms with Gasteiger partial charge in [0.1, 0.15) is 25.1 Å². The van der Waals surface area contributed by atoms with Crippen LogP contribution in [-0.4, -0.2) is 55.0 Å². The Kier molecular flexibility index (Phi) is 11.1. The minimum Gasteiger partial charge on any atom is -0.508 e.